The number of quaternary nitrogens is 1. The van der Waals surface area contributed by atoms with Crippen molar-refractivity contribution in [2.24, 2.45) is 0 Å². The number of nitrogens with two attached hydrogens (primary N) is 1. The number of rotatable bonds is 11. The predicted octanol–water partition coefficient (Wildman–Crippen LogP) is -0.0844. The van der Waals surface area contributed by atoms with E-state index in [9.17, 15) is 5.11 Å². The third kappa shape index (κ3) is 6.19. The average molecular weight is 314 g/mol. The minimum atomic E-state index is -0.555. The quantitative estimate of drug-likeness (QED) is 0.532. The molecule has 0 fully saturated rings. The van der Waals surface area contributed by atoms with Crippen molar-refractivity contribution in [3.63, 3.8) is 0 Å². The monoisotopic (exact) mass is 314 g/mol. The van der Waals surface area contributed by atoms with E-state index < -0.39 is 6.10 Å². The van der Waals surface area contributed by atoms with E-state index in [1.165, 1.54) is 0 Å². The van der Waals surface area contributed by atoms with Gasteiger partial charge in [0.25, 0.3) is 0 Å². The fourth-order valence-electron chi connectivity index (χ4n) is 2.07. The molecule has 1 aromatic carbocycles. The first-order chi connectivity index (χ1) is 10.6. The molecule has 1 rings (SSSR count). The van der Waals surface area contributed by atoms with Crippen molar-refractivity contribution in [3.8, 4) is 11.5 Å². The van der Waals surface area contributed by atoms with Crippen LogP contribution >= 0.6 is 0 Å². The lowest BCUT2D eigenvalue weighted by Crippen LogP contribution is -2.92. The van der Waals surface area contributed by atoms with Crippen LogP contribution in [0.4, 0.5) is 0 Å². The second kappa shape index (κ2) is 10.4. The molecule has 126 valence electrons. The number of methoxy groups -OCH3 is 2. The van der Waals surface area contributed by atoms with Gasteiger partial charge in [0.1, 0.15) is 18.7 Å². The van der Waals surface area contributed by atoms with Gasteiger partial charge < -0.3 is 29.7 Å². The maximum Gasteiger partial charge on any atom is 0.161 e. The zero-order valence-electron chi connectivity index (χ0n) is 13.6. The highest BCUT2D eigenvalue weighted by molar-refractivity contribution is 5.42. The third-order valence-electron chi connectivity index (χ3n) is 3.53. The van der Waals surface area contributed by atoms with Crippen LogP contribution in [0, 0.1) is 0 Å². The number of hydrogen-bond donors (Lipinski definition) is 3. The van der Waals surface area contributed by atoms with E-state index in [2.05, 4.69) is 0 Å². The molecule has 0 amide bonds. The molecule has 0 heterocycles. The lowest BCUT2D eigenvalue weighted by atomic mass is 10.2. The summed E-state index contributed by atoms with van der Waals surface area (Å²) in [5.41, 5.74) is 0.954. The lowest BCUT2D eigenvalue weighted by Gasteiger charge is -2.15. The van der Waals surface area contributed by atoms with Gasteiger partial charge >= 0.3 is 0 Å². The summed E-state index contributed by atoms with van der Waals surface area (Å²) in [5, 5.41) is 20.9. The van der Waals surface area contributed by atoms with Gasteiger partial charge in [-0.3, -0.25) is 0 Å². The first-order valence-electron chi connectivity index (χ1n) is 7.55. The lowest BCUT2D eigenvalue weighted by molar-refractivity contribution is -0.696. The number of ether oxygens (including phenoxy) is 3. The van der Waals surface area contributed by atoms with Gasteiger partial charge in [0.2, 0.25) is 0 Å². The van der Waals surface area contributed by atoms with E-state index in [1.807, 2.05) is 30.4 Å². The molecule has 0 bridgehead atoms. The standard InChI is InChI=1S/C16H27NO5/c1-4-13(9-18)17-8-14(19)11-22-10-12-5-6-15(20-2)16(7-12)21-3/h5-7,13-14,17-19H,4,8-11H2,1-3H3/p+1/t13-,14-/m1/s1. The van der Waals surface area contributed by atoms with Gasteiger partial charge in [-0.25, -0.2) is 0 Å². The Morgan fingerprint density at radius 1 is 1.18 bits per heavy atom. The molecule has 0 aliphatic rings. The van der Waals surface area contributed by atoms with Gasteiger partial charge in [-0.05, 0) is 24.1 Å². The Bertz CT molecular complexity index is 423. The highest BCUT2D eigenvalue weighted by Gasteiger charge is 2.12. The Kier molecular flexibility index (Phi) is 8.84. The molecule has 22 heavy (non-hydrogen) atoms. The van der Waals surface area contributed by atoms with Gasteiger partial charge in [-0.2, -0.15) is 0 Å². The van der Waals surface area contributed by atoms with Gasteiger partial charge in [0.05, 0.1) is 34.0 Å². The molecule has 0 saturated heterocycles. The summed E-state index contributed by atoms with van der Waals surface area (Å²) in [6.45, 7) is 3.30. The maximum atomic E-state index is 9.87. The zero-order valence-corrected chi connectivity index (χ0v) is 13.6. The maximum absolute atomic E-state index is 9.87. The second-order valence-electron chi connectivity index (χ2n) is 5.18. The molecule has 0 aliphatic carbocycles. The summed E-state index contributed by atoms with van der Waals surface area (Å²) >= 11 is 0. The van der Waals surface area contributed by atoms with E-state index in [4.69, 9.17) is 19.3 Å². The number of benzene rings is 1. The largest absolute Gasteiger partial charge is 0.493 e. The first kappa shape index (κ1) is 18.7. The van der Waals surface area contributed by atoms with Crippen LogP contribution in [0.2, 0.25) is 0 Å². The second-order valence-corrected chi connectivity index (χ2v) is 5.18. The fraction of sp³-hybridized carbons (Fsp3) is 0.625. The molecular weight excluding hydrogens is 286 g/mol. The predicted molar refractivity (Wildman–Crippen MR) is 83.2 cm³/mol. The van der Waals surface area contributed by atoms with Crippen molar-refractivity contribution in [3.05, 3.63) is 23.8 Å². The van der Waals surface area contributed by atoms with Crippen LogP contribution in [0.5, 0.6) is 11.5 Å². The summed E-state index contributed by atoms with van der Waals surface area (Å²) in [5.74, 6) is 1.33. The molecule has 0 unspecified atom stereocenters. The van der Waals surface area contributed by atoms with Crippen molar-refractivity contribution in [1.29, 1.82) is 0 Å². The highest BCUT2D eigenvalue weighted by atomic mass is 16.5. The Labute approximate surface area is 132 Å². The first-order valence-corrected chi connectivity index (χ1v) is 7.55. The summed E-state index contributed by atoms with van der Waals surface area (Å²) < 4.78 is 15.9. The molecule has 0 aliphatic heterocycles. The molecular formula is C16H28NO5+. The SMILES string of the molecule is CC[C@H](CO)[NH2+]C[C@@H](O)COCc1ccc(OC)c(OC)c1. The molecule has 6 heteroatoms. The number of aliphatic hydroxyl groups excluding tert-OH is 2. The Morgan fingerprint density at radius 2 is 1.91 bits per heavy atom. The summed E-state index contributed by atoms with van der Waals surface area (Å²) in [4.78, 5) is 0. The molecule has 4 N–H and O–H groups in total. The topological polar surface area (TPSA) is 84.8 Å². The van der Waals surface area contributed by atoms with Crippen LogP contribution in [0.1, 0.15) is 18.9 Å². The van der Waals surface area contributed by atoms with Gasteiger partial charge in [0, 0.05) is 0 Å². The average Bonchev–Trinajstić information content (AvgIpc) is 2.55. The number of hydrogen-bond acceptors (Lipinski definition) is 5. The molecule has 0 aromatic heterocycles. The van der Waals surface area contributed by atoms with Crippen molar-refractivity contribution in [2.45, 2.75) is 32.1 Å². The fourth-order valence-corrected chi connectivity index (χ4v) is 2.07. The van der Waals surface area contributed by atoms with Crippen LogP contribution in [0.3, 0.4) is 0 Å². The molecule has 0 radical (unpaired) electrons. The van der Waals surface area contributed by atoms with E-state index >= 15 is 0 Å². The Morgan fingerprint density at radius 3 is 2.50 bits per heavy atom. The van der Waals surface area contributed by atoms with Gasteiger partial charge in [0.15, 0.2) is 11.5 Å². The number of aliphatic hydroxyl groups is 2. The summed E-state index contributed by atoms with van der Waals surface area (Å²) in [6, 6.07) is 5.73. The normalized spacial score (nSPS) is 13.7. The minimum Gasteiger partial charge on any atom is -0.493 e. The Hall–Kier alpha value is -1.34. The zero-order chi connectivity index (χ0) is 16.4. The minimum absolute atomic E-state index is 0.121. The van der Waals surface area contributed by atoms with Gasteiger partial charge in [-0.15, -0.1) is 0 Å². The molecule has 2 atom stereocenters. The summed E-state index contributed by atoms with van der Waals surface area (Å²) in [7, 11) is 3.18. The van der Waals surface area contributed by atoms with Crippen molar-refractivity contribution >= 4 is 0 Å². The highest BCUT2D eigenvalue weighted by Crippen LogP contribution is 2.27. The van der Waals surface area contributed by atoms with Crippen LogP contribution in [-0.2, 0) is 11.3 Å². The van der Waals surface area contributed by atoms with Crippen molar-refractivity contribution < 1.29 is 29.7 Å². The van der Waals surface area contributed by atoms with Crippen molar-refractivity contribution in [2.75, 3.05) is 34.0 Å². The molecule has 0 saturated carbocycles. The van der Waals surface area contributed by atoms with Crippen molar-refractivity contribution in [1.82, 2.24) is 0 Å². The molecule has 0 spiro atoms. The van der Waals surface area contributed by atoms with Crippen LogP contribution in [0.15, 0.2) is 18.2 Å². The van der Waals surface area contributed by atoms with E-state index in [-0.39, 0.29) is 19.3 Å². The van der Waals surface area contributed by atoms with Crippen LogP contribution < -0.4 is 14.8 Å². The Balaban J connectivity index is 2.34. The third-order valence-corrected chi connectivity index (χ3v) is 3.53. The van der Waals surface area contributed by atoms with E-state index in [0.717, 1.165) is 12.0 Å². The molecule has 1 aromatic rings. The smallest absolute Gasteiger partial charge is 0.161 e. The summed E-state index contributed by atoms with van der Waals surface area (Å²) in [6.07, 6.45) is 0.316. The van der Waals surface area contributed by atoms with E-state index in [1.54, 1.807) is 14.2 Å². The van der Waals surface area contributed by atoms with Crippen LogP contribution in [-0.4, -0.2) is 56.3 Å². The molecule has 6 nitrogen and oxygen atoms in total. The van der Waals surface area contributed by atoms with E-state index in [0.29, 0.717) is 24.7 Å². The van der Waals surface area contributed by atoms with Crippen LogP contribution in [0.25, 0.3) is 0 Å². The van der Waals surface area contributed by atoms with Gasteiger partial charge in [-0.1, -0.05) is 13.0 Å².